The molecule has 0 saturated heterocycles. The number of imidazole rings is 1. The monoisotopic (exact) mass is 482 g/mol. The van der Waals surface area contributed by atoms with Crippen molar-refractivity contribution < 1.29 is 9.13 Å². The highest BCUT2D eigenvalue weighted by atomic mass is 35.5. The van der Waals surface area contributed by atoms with Gasteiger partial charge in [-0.25, -0.2) is 9.37 Å². The summed E-state index contributed by atoms with van der Waals surface area (Å²) < 4.78 is 22.8. The second kappa shape index (κ2) is 9.74. The van der Waals surface area contributed by atoms with Gasteiger partial charge in [-0.2, -0.15) is 0 Å². The van der Waals surface area contributed by atoms with Crippen LogP contribution >= 0.6 is 23.2 Å². The minimum absolute atomic E-state index is 0.0148. The lowest BCUT2D eigenvalue weighted by atomic mass is 9.83. The SMILES string of the molecule is Fc1cccc(Cl)c1OCC(C1CCCCC1)n1c(-c2ccc(Cl)cc2)nc2ccccc21. The third-order valence-electron chi connectivity index (χ3n) is 6.54. The summed E-state index contributed by atoms with van der Waals surface area (Å²) in [5.74, 6) is 0.926. The number of aromatic nitrogens is 2. The number of rotatable bonds is 6. The molecular formula is C27H25Cl2FN2O. The van der Waals surface area contributed by atoms with E-state index in [9.17, 15) is 4.39 Å². The average Bonchev–Trinajstić information content (AvgIpc) is 3.21. The van der Waals surface area contributed by atoms with E-state index in [0.29, 0.717) is 17.5 Å². The number of benzene rings is 3. The van der Waals surface area contributed by atoms with Gasteiger partial charge in [-0.05, 0) is 67.3 Å². The summed E-state index contributed by atoms with van der Waals surface area (Å²) in [6, 6.07) is 20.5. The van der Waals surface area contributed by atoms with Crippen molar-refractivity contribution in [1.82, 2.24) is 9.55 Å². The highest BCUT2D eigenvalue weighted by Crippen LogP contribution is 2.39. The first-order valence-electron chi connectivity index (χ1n) is 11.4. The number of ether oxygens (including phenoxy) is 1. The van der Waals surface area contributed by atoms with E-state index in [1.807, 2.05) is 42.5 Å². The van der Waals surface area contributed by atoms with Gasteiger partial charge < -0.3 is 9.30 Å². The topological polar surface area (TPSA) is 27.1 Å². The van der Waals surface area contributed by atoms with Gasteiger partial charge in [0.1, 0.15) is 12.4 Å². The molecule has 1 unspecified atom stereocenters. The van der Waals surface area contributed by atoms with Crippen molar-refractivity contribution in [3.63, 3.8) is 0 Å². The van der Waals surface area contributed by atoms with Gasteiger partial charge in [0.25, 0.3) is 0 Å². The van der Waals surface area contributed by atoms with Gasteiger partial charge in [-0.15, -0.1) is 0 Å². The number of nitrogens with zero attached hydrogens (tertiary/aromatic N) is 2. The molecule has 1 heterocycles. The van der Waals surface area contributed by atoms with Crippen LogP contribution in [0.3, 0.4) is 0 Å². The molecule has 0 radical (unpaired) electrons. The van der Waals surface area contributed by atoms with E-state index >= 15 is 0 Å². The Balaban J connectivity index is 1.61. The fourth-order valence-corrected chi connectivity index (χ4v) is 5.26. The number of fused-ring (bicyclic) bond motifs is 1. The van der Waals surface area contributed by atoms with E-state index in [1.54, 1.807) is 12.1 Å². The van der Waals surface area contributed by atoms with Gasteiger partial charge in [-0.3, -0.25) is 0 Å². The van der Waals surface area contributed by atoms with Gasteiger partial charge in [-0.1, -0.05) is 60.7 Å². The maximum Gasteiger partial charge on any atom is 0.173 e. The van der Waals surface area contributed by atoms with Crippen LogP contribution in [0.1, 0.15) is 38.1 Å². The van der Waals surface area contributed by atoms with Crippen LogP contribution in [0.25, 0.3) is 22.4 Å². The molecular weight excluding hydrogens is 458 g/mol. The zero-order valence-corrected chi connectivity index (χ0v) is 19.7. The summed E-state index contributed by atoms with van der Waals surface area (Å²) in [6.45, 7) is 0.312. The first-order chi connectivity index (χ1) is 16.1. The molecule has 1 saturated carbocycles. The predicted octanol–water partition coefficient (Wildman–Crippen LogP) is 8.35. The molecule has 0 aliphatic heterocycles. The molecule has 0 spiro atoms. The Morgan fingerprint density at radius 1 is 0.939 bits per heavy atom. The summed E-state index contributed by atoms with van der Waals surface area (Å²) in [5.41, 5.74) is 2.95. The Bertz CT molecular complexity index is 1230. The van der Waals surface area contributed by atoms with Crippen molar-refractivity contribution in [1.29, 1.82) is 0 Å². The van der Waals surface area contributed by atoms with Crippen molar-refractivity contribution in [3.05, 3.63) is 82.6 Å². The van der Waals surface area contributed by atoms with Crippen LogP contribution in [0.4, 0.5) is 4.39 Å². The van der Waals surface area contributed by atoms with Crippen LogP contribution in [0.2, 0.25) is 10.0 Å². The zero-order chi connectivity index (χ0) is 22.8. The van der Waals surface area contributed by atoms with Crippen LogP contribution in [-0.4, -0.2) is 16.2 Å². The maximum absolute atomic E-state index is 14.5. The van der Waals surface area contributed by atoms with Gasteiger partial charge in [0, 0.05) is 10.6 Å². The lowest BCUT2D eigenvalue weighted by molar-refractivity contribution is 0.166. The van der Waals surface area contributed by atoms with Crippen LogP contribution < -0.4 is 4.74 Å². The van der Waals surface area contributed by atoms with Crippen LogP contribution in [0, 0.1) is 11.7 Å². The number of halogens is 3. The normalized spacial score (nSPS) is 15.6. The van der Waals surface area contributed by atoms with Gasteiger partial charge in [0.2, 0.25) is 0 Å². The van der Waals surface area contributed by atoms with Gasteiger partial charge >= 0.3 is 0 Å². The Hall–Kier alpha value is -2.56. The molecule has 4 aromatic rings. The van der Waals surface area contributed by atoms with Crippen molar-refractivity contribution >= 4 is 34.2 Å². The zero-order valence-electron chi connectivity index (χ0n) is 18.2. The van der Waals surface area contributed by atoms with E-state index in [-0.39, 0.29) is 16.8 Å². The molecule has 1 aliphatic rings. The first kappa shape index (κ1) is 22.2. The standard InChI is InChI=1S/C27H25Cl2FN2O/c28-20-15-13-19(14-16-20)27-31-23-11-4-5-12-24(23)32(27)25(18-7-2-1-3-8-18)17-33-26-21(29)9-6-10-22(26)30/h4-6,9-16,18,25H,1-3,7-8,17H2. The molecule has 5 rings (SSSR count). The second-order valence-corrected chi connectivity index (χ2v) is 9.47. The molecule has 0 N–H and O–H groups in total. The van der Waals surface area contributed by atoms with E-state index < -0.39 is 5.82 Å². The molecule has 3 aromatic carbocycles. The van der Waals surface area contributed by atoms with E-state index in [2.05, 4.69) is 10.6 Å². The summed E-state index contributed by atoms with van der Waals surface area (Å²) in [6.07, 6.45) is 5.82. The number of para-hydroxylation sites is 3. The van der Waals surface area contributed by atoms with Crippen LogP contribution in [-0.2, 0) is 0 Å². The fraction of sp³-hybridized carbons (Fsp3) is 0.296. The summed E-state index contributed by atoms with van der Waals surface area (Å²) in [4.78, 5) is 4.98. The Morgan fingerprint density at radius 2 is 1.70 bits per heavy atom. The summed E-state index contributed by atoms with van der Waals surface area (Å²) in [7, 11) is 0. The summed E-state index contributed by atoms with van der Waals surface area (Å²) >= 11 is 12.4. The minimum atomic E-state index is -0.446. The minimum Gasteiger partial charge on any atom is -0.487 e. The fourth-order valence-electron chi connectivity index (χ4n) is 4.91. The molecule has 1 fully saturated rings. The average molecular weight is 483 g/mol. The molecule has 3 nitrogen and oxygen atoms in total. The quantitative estimate of drug-likeness (QED) is 0.276. The van der Waals surface area contributed by atoms with E-state index in [0.717, 1.165) is 35.3 Å². The lowest BCUT2D eigenvalue weighted by Crippen LogP contribution is -2.28. The first-order valence-corrected chi connectivity index (χ1v) is 12.2. The van der Waals surface area contributed by atoms with Crippen molar-refractivity contribution in [2.24, 2.45) is 5.92 Å². The molecule has 1 aliphatic carbocycles. The number of hydrogen-bond acceptors (Lipinski definition) is 2. The third-order valence-corrected chi connectivity index (χ3v) is 7.09. The van der Waals surface area contributed by atoms with Gasteiger partial charge in [0.05, 0.1) is 22.1 Å². The van der Waals surface area contributed by atoms with Crippen molar-refractivity contribution in [3.8, 4) is 17.1 Å². The largest absolute Gasteiger partial charge is 0.487 e. The van der Waals surface area contributed by atoms with Crippen LogP contribution in [0.15, 0.2) is 66.7 Å². The van der Waals surface area contributed by atoms with E-state index in [4.69, 9.17) is 32.9 Å². The Kier molecular flexibility index (Phi) is 6.57. The maximum atomic E-state index is 14.5. The Labute approximate surface area is 203 Å². The van der Waals surface area contributed by atoms with Crippen molar-refractivity contribution in [2.75, 3.05) is 6.61 Å². The predicted molar refractivity (Wildman–Crippen MR) is 133 cm³/mol. The molecule has 0 bridgehead atoms. The van der Waals surface area contributed by atoms with E-state index in [1.165, 1.54) is 25.3 Å². The summed E-state index contributed by atoms with van der Waals surface area (Å²) in [5, 5.41) is 0.966. The van der Waals surface area contributed by atoms with Gasteiger partial charge in [0.15, 0.2) is 11.6 Å². The molecule has 170 valence electrons. The third kappa shape index (κ3) is 4.60. The smallest absolute Gasteiger partial charge is 0.173 e. The Morgan fingerprint density at radius 3 is 2.45 bits per heavy atom. The molecule has 6 heteroatoms. The number of hydrogen-bond donors (Lipinski definition) is 0. The molecule has 33 heavy (non-hydrogen) atoms. The molecule has 1 aromatic heterocycles. The van der Waals surface area contributed by atoms with Crippen molar-refractivity contribution in [2.45, 2.75) is 38.1 Å². The molecule has 0 amide bonds. The lowest BCUT2D eigenvalue weighted by Gasteiger charge is -2.33. The molecule has 1 atom stereocenters. The highest BCUT2D eigenvalue weighted by molar-refractivity contribution is 6.32. The highest BCUT2D eigenvalue weighted by Gasteiger charge is 2.30. The van der Waals surface area contributed by atoms with Crippen LogP contribution in [0.5, 0.6) is 5.75 Å². The second-order valence-electron chi connectivity index (χ2n) is 8.63.